The zero-order valence-corrected chi connectivity index (χ0v) is 33.3. The first-order valence-electron chi connectivity index (χ1n) is 20.7. The summed E-state index contributed by atoms with van der Waals surface area (Å²) in [6.07, 6.45) is 5.64. The zero-order valence-electron chi connectivity index (χ0n) is 33.3. The quantitative estimate of drug-likeness (QED) is 0.139. The standard InChI is InChI=1S/C44H48N8O7/c1-22(46-43(55)57-2)41(53)51-34-17-30(34)20-37(51)40-47-31-9-8-27(16-32(31)48-40)25-4-5-26-15-28(7-6-24(26)14-25)33-21-45-39(49-33)36-19-29-18-35(29)52(36)42(54)38(50-44(56)58-3)23-10-12-59-13-11-23/h4-9,14-16,21-23,29-30,34-38H,10-13,17-20H2,1-3H3,(H,45,49)(H,46,55)(H,47,48)(H,50,56)/t22-,29+,30+,34+,35+,36-,37-,38-/m0/s1. The van der Waals surface area contributed by atoms with E-state index in [0.29, 0.717) is 37.9 Å². The van der Waals surface area contributed by atoms with Crippen molar-refractivity contribution < 1.29 is 33.4 Å². The van der Waals surface area contributed by atoms with Crippen LogP contribution >= 0.6 is 0 Å². The average Bonchev–Trinajstić information content (AvgIpc) is 3.88. The molecule has 0 spiro atoms. The van der Waals surface area contributed by atoms with Crippen molar-refractivity contribution in [1.82, 2.24) is 40.4 Å². The third-order valence-electron chi connectivity index (χ3n) is 13.3. The predicted octanol–water partition coefficient (Wildman–Crippen LogP) is 5.99. The number of aromatic amines is 2. The fourth-order valence-electron chi connectivity index (χ4n) is 9.95. The number of hydrogen-bond donors (Lipinski definition) is 4. The molecule has 3 aliphatic heterocycles. The van der Waals surface area contributed by atoms with Crippen LogP contribution in [0, 0.1) is 17.8 Å². The van der Waals surface area contributed by atoms with E-state index in [0.717, 1.165) is 81.5 Å². The third-order valence-corrected chi connectivity index (χ3v) is 13.3. The number of nitrogens with one attached hydrogen (secondary N) is 4. The summed E-state index contributed by atoms with van der Waals surface area (Å²) in [6.45, 7) is 2.82. The number of carbonyl (C=O) groups excluding carboxylic acids is 4. The van der Waals surface area contributed by atoms with Crippen LogP contribution in [0.2, 0.25) is 0 Å². The van der Waals surface area contributed by atoms with Crippen LogP contribution in [0.25, 0.3) is 44.2 Å². The fraction of sp³-hybridized carbons (Fsp3) is 0.455. The molecule has 59 heavy (non-hydrogen) atoms. The molecule has 306 valence electrons. The van der Waals surface area contributed by atoms with E-state index in [9.17, 15) is 19.2 Å². The smallest absolute Gasteiger partial charge is 0.407 e. The number of carbonyl (C=O) groups is 4. The van der Waals surface area contributed by atoms with Crippen molar-refractivity contribution in [3.63, 3.8) is 0 Å². The maximum atomic E-state index is 14.2. The molecule has 0 bridgehead atoms. The maximum Gasteiger partial charge on any atom is 0.407 e. The maximum absolute atomic E-state index is 14.2. The van der Waals surface area contributed by atoms with Crippen molar-refractivity contribution in [1.29, 1.82) is 0 Å². The number of H-pyrrole nitrogens is 2. The molecule has 5 aliphatic rings. The monoisotopic (exact) mass is 800 g/mol. The highest BCUT2D eigenvalue weighted by molar-refractivity contribution is 5.92. The van der Waals surface area contributed by atoms with Crippen LogP contribution in [-0.2, 0) is 23.8 Å². The summed E-state index contributed by atoms with van der Waals surface area (Å²) in [5.41, 5.74) is 5.72. The Bertz CT molecular complexity index is 2480. The largest absolute Gasteiger partial charge is 0.453 e. The molecule has 10 rings (SSSR count). The highest BCUT2D eigenvalue weighted by Crippen LogP contribution is 2.54. The fourth-order valence-corrected chi connectivity index (χ4v) is 9.95. The highest BCUT2D eigenvalue weighted by atomic mass is 16.5. The number of amides is 4. The molecule has 2 aromatic heterocycles. The van der Waals surface area contributed by atoms with E-state index in [1.807, 2.05) is 22.1 Å². The number of imidazole rings is 2. The molecule has 4 N–H and O–H groups in total. The van der Waals surface area contributed by atoms with Gasteiger partial charge < -0.3 is 44.6 Å². The average molecular weight is 801 g/mol. The van der Waals surface area contributed by atoms with E-state index in [2.05, 4.69) is 69.1 Å². The lowest BCUT2D eigenvalue weighted by molar-refractivity contribution is -0.138. The van der Waals surface area contributed by atoms with Crippen LogP contribution in [0.3, 0.4) is 0 Å². The number of benzene rings is 3. The number of piperidine rings is 2. The number of hydrogen-bond acceptors (Lipinski definition) is 9. The lowest BCUT2D eigenvalue weighted by Gasteiger charge is -2.35. The zero-order chi connectivity index (χ0) is 40.5. The van der Waals surface area contributed by atoms with Gasteiger partial charge in [0, 0.05) is 30.9 Å². The topological polar surface area (TPSA) is 184 Å². The molecule has 3 saturated heterocycles. The third kappa shape index (κ3) is 6.84. The lowest BCUT2D eigenvalue weighted by Crippen LogP contribution is -2.54. The molecule has 5 aromatic rings. The summed E-state index contributed by atoms with van der Waals surface area (Å²) in [5.74, 6) is 2.17. The minimum absolute atomic E-state index is 0.0220. The molecular weight excluding hydrogens is 753 g/mol. The molecule has 2 aliphatic carbocycles. The van der Waals surface area contributed by atoms with E-state index in [1.165, 1.54) is 14.2 Å². The van der Waals surface area contributed by atoms with Crippen LogP contribution in [0.1, 0.15) is 69.2 Å². The molecule has 2 saturated carbocycles. The molecule has 15 heteroatoms. The van der Waals surface area contributed by atoms with Gasteiger partial charge in [0.05, 0.1) is 49.2 Å². The molecular formula is C44H48N8O7. The molecule has 4 amide bonds. The van der Waals surface area contributed by atoms with E-state index in [1.54, 1.807) is 6.92 Å². The van der Waals surface area contributed by atoms with Crippen molar-refractivity contribution in [3.05, 3.63) is 72.4 Å². The summed E-state index contributed by atoms with van der Waals surface area (Å²) in [4.78, 5) is 72.5. The first-order valence-corrected chi connectivity index (χ1v) is 20.7. The lowest BCUT2D eigenvalue weighted by atomic mass is 9.90. The Hall–Kier alpha value is -5.96. The molecule has 0 unspecified atom stereocenters. The summed E-state index contributed by atoms with van der Waals surface area (Å²) >= 11 is 0. The molecule has 0 radical (unpaired) electrons. The van der Waals surface area contributed by atoms with Crippen LogP contribution < -0.4 is 10.6 Å². The van der Waals surface area contributed by atoms with Crippen molar-refractivity contribution in [2.75, 3.05) is 27.4 Å². The van der Waals surface area contributed by atoms with Crippen molar-refractivity contribution in [2.24, 2.45) is 17.8 Å². The van der Waals surface area contributed by atoms with Gasteiger partial charge in [-0.25, -0.2) is 19.6 Å². The Morgan fingerprint density at radius 1 is 0.746 bits per heavy atom. The van der Waals surface area contributed by atoms with Gasteiger partial charge in [-0.2, -0.15) is 0 Å². The van der Waals surface area contributed by atoms with Crippen LogP contribution in [-0.4, -0.2) is 105 Å². The van der Waals surface area contributed by atoms with Crippen LogP contribution in [0.5, 0.6) is 0 Å². The number of aromatic nitrogens is 4. The summed E-state index contributed by atoms with van der Waals surface area (Å²) < 4.78 is 15.2. The number of alkyl carbamates (subject to hydrolysis) is 2. The second-order valence-electron chi connectivity index (χ2n) is 16.9. The van der Waals surface area contributed by atoms with Gasteiger partial charge in [-0.1, -0.05) is 30.3 Å². The van der Waals surface area contributed by atoms with Crippen molar-refractivity contribution >= 4 is 45.8 Å². The second-order valence-corrected chi connectivity index (χ2v) is 16.9. The predicted molar refractivity (Wildman–Crippen MR) is 217 cm³/mol. The Morgan fingerprint density at radius 3 is 2.07 bits per heavy atom. The SMILES string of the molecule is COC(=O)N[C@@H](C)C(=O)N1[C@@H]2C[C@@H]2C[C@H]1c1nc2ccc(-c3ccc4cc(-c5cnc([C@@H]6C[C@H]7C[C@H]7N6C(=O)[C@@H](NC(=O)OC)C6CCOCC6)[nH]5)ccc4c3)cc2[nH]1. The number of ether oxygens (including phenoxy) is 3. The van der Waals surface area contributed by atoms with E-state index in [-0.39, 0.29) is 41.9 Å². The number of nitrogens with zero attached hydrogens (tertiary/aromatic N) is 4. The Kier molecular flexibility index (Phi) is 9.30. The van der Waals surface area contributed by atoms with Gasteiger partial charge in [-0.3, -0.25) is 9.59 Å². The number of rotatable bonds is 9. The molecule has 5 heterocycles. The van der Waals surface area contributed by atoms with Gasteiger partial charge in [0.15, 0.2) is 0 Å². The van der Waals surface area contributed by atoms with Gasteiger partial charge in [-0.05, 0) is 109 Å². The molecule has 3 aromatic carbocycles. The Labute approximate surface area is 340 Å². The van der Waals surface area contributed by atoms with E-state index >= 15 is 0 Å². The van der Waals surface area contributed by atoms with Crippen molar-refractivity contribution in [3.8, 4) is 22.4 Å². The highest BCUT2D eigenvalue weighted by Gasteiger charge is 2.57. The minimum atomic E-state index is -0.702. The van der Waals surface area contributed by atoms with Gasteiger partial charge in [-0.15, -0.1) is 0 Å². The normalized spacial score (nSPS) is 25.6. The van der Waals surface area contributed by atoms with Crippen LogP contribution in [0.15, 0.2) is 60.8 Å². The van der Waals surface area contributed by atoms with Gasteiger partial charge in [0.2, 0.25) is 11.8 Å². The molecule has 8 atom stereocenters. The number of likely N-dealkylation sites (tertiary alicyclic amines) is 2. The van der Waals surface area contributed by atoms with Gasteiger partial charge >= 0.3 is 12.2 Å². The Balaban J connectivity index is 0.856. The second kappa shape index (κ2) is 14.7. The van der Waals surface area contributed by atoms with E-state index in [4.69, 9.17) is 24.2 Å². The molecule has 5 fully saturated rings. The molecule has 15 nitrogen and oxygen atoms in total. The first-order chi connectivity index (χ1) is 28.7. The number of methoxy groups -OCH3 is 2. The number of fused-ring (bicyclic) bond motifs is 4. The van der Waals surface area contributed by atoms with Gasteiger partial charge in [0.25, 0.3) is 0 Å². The summed E-state index contributed by atoms with van der Waals surface area (Å²) in [6, 6.07) is 17.5. The Morgan fingerprint density at radius 2 is 1.36 bits per heavy atom. The van der Waals surface area contributed by atoms with E-state index < -0.39 is 24.3 Å². The summed E-state index contributed by atoms with van der Waals surface area (Å²) in [7, 11) is 2.61. The van der Waals surface area contributed by atoms with Crippen molar-refractivity contribution in [2.45, 2.75) is 81.7 Å². The first kappa shape index (κ1) is 37.3. The van der Waals surface area contributed by atoms with Crippen LogP contribution in [0.4, 0.5) is 9.59 Å². The summed E-state index contributed by atoms with van der Waals surface area (Å²) in [5, 5.41) is 7.65. The van der Waals surface area contributed by atoms with Gasteiger partial charge in [0.1, 0.15) is 23.7 Å². The minimum Gasteiger partial charge on any atom is -0.453 e.